The van der Waals surface area contributed by atoms with Crippen LogP contribution in [0.4, 0.5) is 0 Å². The first-order chi connectivity index (χ1) is 13.7. The Morgan fingerprint density at radius 3 is 2.89 bits per heavy atom. The number of ketones is 1. The topological polar surface area (TPSA) is 58.1 Å². The van der Waals surface area contributed by atoms with Crippen LogP contribution in [0, 0.1) is 12.8 Å². The van der Waals surface area contributed by atoms with Crippen molar-refractivity contribution in [2.45, 2.75) is 71.1 Å². The molecule has 0 bridgehead atoms. The molecule has 0 amide bonds. The van der Waals surface area contributed by atoms with E-state index in [0.29, 0.717) is 6.42 Å². The first-order valence-electron chi connectivity index (χ1n) is 10.6. The van der Waals surface area contributed by atoms with Gasteiger partial charge in [-0.3, -0.25) is 14.9 Å². The van der Waals surface area contributed by atoms with E-state index in [1.807, 2.05) is 25.3 Å². The number of hydrogen-bond acceptors (Lipinski definition) is 4. The Morgan fingerprint density at radius 2 is 2.11 bits per heavy atom. The second-order valence-corrected chi connectivity index (χ2v) is 9.39. The molecule has 4 rings (SSSR count). The number of aromatic amines is 1. The third kappa shape index (κ3) is 4.69. The summed E-state index contributed by atoms with van der Waals surface area (Å²) in [5, 5.41) is 7.81. The van der Waals surface area contributed by atoms with E-state index < -0.39 is 0 Å². The number of nitrogens with zero attached hydrogens (tertiary/aromatic N) is 2. The van der Waals surface area contributed by atoms with Crippen LogP contribution >= 0.6 is 11.3 Å². The van der Waals surface area contributed by atoms with Crippen LogP contribution in [0.2, 0.25) is 0 Å². The molecule has 0 aromatic carbocycles. The predicted octanol–water partition coefficient (Wildman–Crippen LogP) is 6.14. The first kappa shape index (κ1) is 19.3. The van der Waals surface area contributed by atoms with Gasteiger partial charge in [0.25, 0.3) is 0 Å². The van der Waals surface area contributed by atoms with Crippen molar-refractivity contribution >= 4 is 28.9 Å². The van der Waals surface area contributed by atoms with Crippen LogP contribution in [-0.4, -0.2) is 22.2 Å². The minimum atomic E-state index is 0.151. The molecule has 3 heterocycles. The zero-order valence-corrected chi connectivity index (χ0v) is 17.5. The molecule has 148 valence electrons. The molecule has 1 aliphatic carbocycles. The van der Waals surface area contributed by atoms with Gasteiger partial charge in [0.15, 0.2) is 5.78 Å². The molecule has 1 fully saturated rings. The maximum atomic E-state index is 12.7. The second-order valence-electron chi connectivity index (χ2n) is 8.11. The maximum Gasteiger partial charge on any atom is 0.178 e. The number of rotatable bonds is 7. The molecule has 1 aliphatic heterocycles. The number of carbonyl (C=O) groups is 1. The van der Waals surface area contributed by atoms with Gasteiger partial charge < -0.3 is 0 Å². The van der Waals surface area contributed by atoms with Gasteiger partial charge in [-0.05, 0) is 56.7 Å². The van der Waals surface area contributed by atoms with Crippen LogP contribution in [0.25, 0.3) is 5.57 Å². The number of aliphatic imine (C=N–C) groups is 1. The van der Waals surface area contributed by atoms with E-state index in [-0.39, 0.29) is 5.78 Å². The number of aryl methyl sites for hydroxylation is 2. The average Bonchev–Trinajstić information content (AvgIpc) is 3.37. The number of nitrogens with one attached hydrogen (secondary N) is 1. The monoisotopic (exact) mass is 395 g/mol. The highest BCUT2D eigenvalue weighted by atomic mass is 32.1. The van der Waals surface area contributed by atoms with Crippen molar-refractivity contribution in [2.75, 3.05) is 0 Å². The quantitative estimate of drug-likeness (QED) is 0.572. The molecule has 0 unspecified atom stereocenters. The molecule has 28 heavy (non-hydrogen) atoms. The van der Waals surface area contributed by atoms with Crippen LogP contribution in [0.1, 0.15) is 83.7 Å². The highest BCUT2D eigenvalue weighted by Gasteiger charge is 2.20. The molecule has 2 aliphatic rings. The lowest BCUT2D eigenvalue weighted by atomic mass is 9.86. The number of allylic oxidation sites excluding steroid dienone is 2. The van der Waals surface area contributed by atoms with E-state index in [2.05, 4.69) is 21.3 Å². The van der Waals surface area contributed by atoms with E-state index in [0.717, 1.165) is 47.0 Å². The van der Waals surface area contributed by atoms with Gasteiger partial charge in [0.1, 0.15) is 0 Å². The minimum absolute atomic E-state index is 0.151. The van der Waals surface area contributed by atoms with Crippen molar-refractivity contribution < 1.29 is 4.79 Å². The number of Topliss-reactive ketones (excluding diaryl/α,β-unsaturated/α-hetero) is 1. The summed E-state index contributed by atoms with van der Waals surface area (Å²) in [5.41, 5.74) is 4.19. The first-order valence-corrected chi connectivity index (χ1v) is 11.4. The molecule has 1 N–H and O–H groups in total. The molecule has 0 saturated heterocycles. The van der Waals surface area contributed by atoms with Crippen molar-refractivity contribution in [3.05, 3.63) is 45.0 Å². The summed E-state index contributed by atoms with van der Waals surface area (Å²) in [4.78, 5) is 19.2. The van der Waals surface area contributed by atoms with Gasteiger partial charge in [-0.1, -0.05) is 32.1 Å². The number of aromatic nitrogens is 2. The van der Waals surface area contributed by atoms with Crippen LogP contribution in [0.3, 0.4) is 0 Å². The largest absolute Gasteiger partial charge is 0.293 e. The van der Waals surface area contributed by atoms with Crippen LogP contribution < -0.4 is 0 Å². The Kier molecular flexibility index (Phi) is 6.20. The van der Waals surface area contributed by atoms with Gasteiger partial charge in [-0.15, -0.1) is 11.3 Å². The fourth-order valence-electron chi connectivity index (χ4n) is 4.34. The Bertz CT molecular complexity index is 883. The molecule has 4 nitrogen and oxygen atoms in total. The van der Waals surface area contributed by atoms with Crippen LogP contribution in [0.15, 0.2) is 28.9 Å². The lowest BCUT2D eigenvalue weighted by Crippen LogP contribution is -2.07. The van der Waals surface area contributed by atoms with E-state index in [1.54, 1.807) is 11.3 Å². The summed E-state index contributed by atoms with van der Waals surface area (Å²) in [6.45, 7) is 2.03. The summed E-state index contributed by atoms with van der Waals surface area (Å²) < 4.78 is 0. The van der Waals surface area contributed by atoms with Crippen LogP contribution in [0.5, 0.6) is 0 Å². The highest BCUT2D eigenvalue weighted by molar-refractivity contribution is 7.14. The van der Waals surface area contributed by atoms with Crippen molar-refractivity contribution in [3.63, 3.8) is 0 Å². The van der Waals surface area contributed by atoms with Gasteiger partial charge >= 0.3 is 0 Å². The fraction of sp³-hybridized carbons (Fsp3) is 0.522. The minimum Gasteiger partial charge on any atom is -0.293 e. The summed E-state index contributed by atoms with van der Waals surface area (Å²) in [5.74, 6) is 1.03. The van der Waals surface area contributed by atoms with E-state index in [1.165, 1.54) is 49.1 Å². The molecule has 0 spiro atoms. The van der Waals surface area contributed by atoms with Gasteiger partial charge in [-0.25, -0.2) is 0 Å². The smallest absolute Gasteiger partial charge is 0.178 e. The molecule has 0 radical (unpaired) electrons. The summed E-state index contributed by atoms with van der Waals surface area (Å²) in [7, 11) is 0. The van der Waals surface area contributed by atoms with Gasteiger partial charge in [0, 0.05) is 22.4 Å². The predicted molar refractivity (Wildman–Crippen MR) is 116 cm³/mol. The number of carbonyl (C=O) groups excluding carboxylic acids is 1. The Labute approximate surface area is 171 Å². The standard InChI is InChI=1S/C23H29N3OS/c1-16-9-12-23(28-16)22(27)15-20-19(8-5-13-24-20)21-14-18(25-26-21)11-10-17-6-3-2-4-7-17/h9,12-14,17H,2-8,10-11,15H2,1H3,(H,25,26). The van der Waals surface area contributed by atoms with Gasteiger partial charge in [-0.2, -0.15) is 5.10 Å². The Hall–Kier alpha value is -2.01. The Morgan fingerprint density at radius 1 is 1.25 bits per heavy atom. The SMILES string of the molecule is Cc1ccc(C(=O)CC2=C(c3cc(CCC4CCCCC4)[nH]n3)CCC=N2)s1. The number of hydrogen-bond donors (Lipinski definition) is 1. The molecule has 5 heteroatoms. The summed E-state index contributed by atoms with van der Waals surface area (Å²) >= 11 is 1.56. The zero-order valence-electron chi connectivity index (χ0n) is 16.7. The third-order valence-corrected chi connectivity index (χ3v) is 6.99. The summed E-state index contributed by atoms with van der Waals surface area (Å²) in [6.07, 6.45) is 13.4. The number of H-pyrrole nitrogens is 1. The van der Waals surface area contributed by atoms with Crippen molar-refractivity contribution in [2.24, 2.45) is 10.9 Å². The van der Waals surface area contributed by atoms with Gasteiger partial charge in [0.2, 0.25) is 0 Å². The van der Waals surface area contributed by atoms with Crippen molar-refractivity contribution in [1.29, 1.82) is 0 Å². The number of thiophene rings is 1. The normalized spacial score (nSPS) is 18.0. The van der Waals surface area contributed by atoms with Crippen molar-refractivity contribution in [1.82, 2.24) is 10.2 Å². The zero-order chi connectivity index (χ0) is 19.3. The maximum absolute atomic E-state index is 12.7. The molecule has 1 saturated carbocycles. The average molecular weight is 396 g/mol. The Balaban J connectivity index is 1.45. The van der Waals surface area contributed by atoms with Crippen molar-refractivity contribution in [3.8, 4) is 0 Å². The second kappa shape index (κ2) is 8.99. The third-order valence-electron chi connectivity index (χ3n) is 5.95. The lowest BCUT2D eigenvalue weighted by molar-refractivity contribution is 0.0996. The molecular formula is C23H29N3OS. The lowest BCUT2D eigenvalue weighted by Gasteiger charge is -2.20. The highest BCUT2D eigenvalue weighted by Crippen LogP contribution is 2.31. The summed E-state index contributed by atoms with van der Waals surface area (Å²) in [6, 6.07) is 6.11. The van der Waals surface area contributed by atoms with E-state index in [4.69, 9.17) is 0 Å². The van der Waals surface area contributed by atoms with E-state index in [9.17, 15) is 4.79 Å². The molecule has 2 aromatic rings. The van der Waals surface area contributed by atoms with E-state index >= 15 is 0 Å². The molecular weight excluding hydrogens is 366 g/mol. The van der Waals surface area contributed by atoms with Crippen LogP contribution in [-0.2, 0) is 6.42 Å². The fourth-order valence-corrected chi connectivity index (χ4v) is 5.14. The van der Waals surface area contributed by atoms with Gasteiger partial charge in [0.05, 0.1) is 22.7 Å². The molecule has 2 aromatic heterocycles. The molecule has 0 atom stereocenters.